The summed E-state index contributed by atoms with van der Waals surface area (Å²) in [6.07, 6.45) is 0.745. The van der Waals surface area contributed by atoms with Crippen LogP contribution in [0.5, 0.6) is 0 Å². The van der Waals surface area contributed by atoms with E-state index in [1.807, 2.05) is 45.0 Å². The molecule has 0 aromatic heterocycles. The quantitative estimate of drug-likeness (QED) is 0.445. The van der Waals surface area contributed by atoms with Crippen molar-refractivity contribution in [3.05, 3.63) is 59.7 Å². The third kappa shape index (κ3) is 6.37. The maximum absolute atomic E-state index is 12.9. The van der Waals surface area contributed by atoms with E-state index in [1.54, 1.807) is 0 Å². The molecule has 0 saturated heterocycles. The lowest BCUT2D eigenvalue weighted by molar-refractivity contribution is -0.137. The highest BCUT2D eigenvalue weighted by Gasteiger charge is 2.30. The Kier molecular flexibility index (Phi) is 8.68. The van der Waals surface area contributed by atoms with Crippen LogP contribution in [0.2, 0.25) is 0 Å². The second kappa shape index (κ2) is 11.7. The minimum absolute atomic E-state index is 0.0204. The Bertz CT molecular complexity index is 974. The minimum Gasteiger partial charge on any atom is -0.481 e. The standard InChI is InChI=1S/C27H34N2O5/c1-4-18(13-14-25(30)31)28-26(32)24(15-17(2)3)29-27(33)34-16-23-21-11-7-5-9-19(21)20-10-6-8-12-22(20)23/h5-12,17-18,23-24H,4,13-16H2,1-3H3,(H,28,32)(H,29,33)(H,30,31). The van der Waals surface area contributed by atoms with Gasteiger partial charge in [0.25, 0.3) is 0 Å². The monoisotopic (exact) mass is 466 g/mol. The fraction of sp³-hybridized carbons (Fsp3) is 0.444. The number of aliphatic carboxylic acids is 1. The van der Waals surface area contributed by atoms with Gasteiger partial charge in [-0.05, 0) is 47.4 Å². The van der Waals surface area contributed by atoms with Crippen LogP contribution in [0.15, 0.2) is 48.5 Å². The van der Waals surface area contributed by atoms with E-state index >= 15 is 0 Å². The summed E-state index contributed by atoms with van der Waals surface area (Å²) >= 11 is 0. The van der Waals surface area contributed by atoms with Crippen LogP contribution in [0.3, 0.4) is 0 Å². The summed E-state index contributed by atoms with van der Waals surface area (Å²) in [6, 6.07) is 15.2. The lowest BCUT2D eigenvalue weighted by atomic mass is 9.98. The van der Waals surface area contributed by atoms with E-state index in [4.69, 9.17) is 9.84 Å². The summed E-state index contributed by atoms with van der Waals surface area (Å²) in [5.74, 6) is -1.11. The van der Waals surface area contributed by atoms with Crippen molar-refractivity contribution >= 4 is 18.0 Å². The van der Waals surface area contributed by atoms with Crippen LogP contribution in [-0.4, -0.2) is 41.8 Å². The number of benzene rings is 2. The Balaban J connectivity index is 1.63. The molecule has 2 unspecified atom stereocenters. The summed E-state index contributed by atoms with van der Waals surface area (Å²) in [7, 11) is 0. The second-order valence-electron chi connectivity index (χ2n) is 9.20. The number of carboxylic acid groups (broad SMARTS) is 1. The van der Waals surface area contributed by atoms with Gasteiger partial charge in [-0.15, -0.1) is 0 Å². The third-order valence-electron chi connectivity index (χ3n) is 6.21. The van der Waals surface area contributed by atoms with Crippen molar-refractivity contribution in [1.82, 2.24) is 10.6 Å². The number of ether oxygens (including phenoxy) is 1. The van der Waals surface area contributed by atoms with E-state index < -0.39 is 18.1 Å². The first-order valence-corrected chi connectivity index (χ1v) is 11.9. The molecule has 0 fully saturated rings. The van der Waals surface area contributed by atoms with Crippen LogP contribution >= 0.6 is 0 Å². The highest BCUT2D eigenvalue weighted by atomic mass is 16.5. The Hall–Kier alpha value is -3.35. The summed E-state index contributed by atoms with van der Waals surface area (Å²) in [4.78, 5) is 36.5. The van der Waals surface area contributed by atoms with Gasteiger partial charge in [-0.25, -0.2) is 4.79 Å². The predicted octanol–water partition coefficient (Wildman–Crippen LogP) is 4.70. The highest BCUT2D eigenvalue weighted by molar-refractivity contribution is 5.86. The second-order valence-corrected chi connectivity index (χ2v) is 9.20. The molecule has 7 nitrogen and oxygen atoms in total. The van der Waals surface area contributed by atoms with Crippen molar-refractivity contribution in [1.29, 1.82) is 0 Å². The first-order valence-electron chi connectivity index (χ1n) is 11.9. The number of rotatable bonds is 11. The first kappa shape index (κ1) is 25.3. The molecule has 0 heterocycles. The molecule has 2 amide bonds. The van der Waals surface area contributed by atoms with Crippen molar-refractivity contribution < 1.29 is 24.2 Å². The molecular weight excluding hydrogens is 432 g/mol. The van der Waals surface area contributed by atoms with Gasteiger partial charge in [-0.1, -0.05) is 69.3 Å². The van der Waals surface area contributed by atoms with E-state index in [0.29, 0.717) is 19.3 Å². The van der Waals surface area contributed by atoms with E-state index in [2.05, 4.69) is 34.9 Å². The van der Waals surface area contributed by atoms with E-state index in [-0.39, 0.29) is 36.8 Å². The molecule has 0 radical (unpaired) electrons. The van der Waals surface area contributed by atoms with Crippen LogP contribution in [-0.2, 0) is 14.3 Å². The van der Waals surface area contributed by atoms with Gasteiger partial charge < -0.3 is 20.5 Å². The van der Waals surface area contributed by atoms with E-state index in [9.17, 15) is 14.4 Å². The van der Waals surface area contributed by atoms with Gasteiger partial charge in [-0.3, -0.25) is 9.59 Å². The van der Waals surface area contributed by atoms with Crippen LogP contribution in [0.1, 0.15) is 63.5 Å². The molecule has 0 aliphatic heterocycles. The molecule has 3 rings (SSSR count). The number of carbonyl (C=O) groups excluding carboxylic acids is 2. The molecule has 2 aromatic rings. The number of hydrogen-bond acceptors (Lipinski definition) is 4. The third-order valence-corrected chi connectivity index (χ3v) is 6.21. The molecular formula is C27H34N2O5. The Morgan fingerprint density at radius 2 is 1.56 bits per heavy atom. The number of hydrogen-bond donors (Lipinski definition) is 3. The first-order chi connectivity index (χ1) is 16.3. The molecule has 1 aliphatic rings. The van der Waals surface area contributed by atoms with Crippen LogP contribution in [0, 0.1) is 5.92 Å². The smallest absolute Gasteiger partial charge is 0.407 e. The van der Waals surface area contributed by atoms with Gasteiger partial charge in [0.05, 0.1) is 0 Å². The number of fused-ring (bicyclic) bond motifs is 3. The molecule has 2 atom stereocenters. The van der Waals surface area contributed by atoms with E-state index in [1.165, 1.54) is 0 Å². The van der Waals surface area contributed by atoms with Crippen molar-refractivity contribution in [2.45, 2.75) is 64.5 Å². The Morgan fingerprint density at radius 3 is 2.09 bits per heavy atom. The van der Waals surface area contributed by atoms with Crippen molar-refractivity contribution in [2.24, 2.45) is 5.92 Å². The normalized spacial score (nSPS) is 14.1. The molecule has 34 heavy (non-hydrogen) atoms. The van der Waals surface area contributed by atoms with Crippen LogP contribution < -0.4 is 10.6 Å². The van der Waals surface area contributed by atoms with Crippen molar-refractivity contribution in [3.8, 4) is 11.1 Å². The fourth-order valence-electron chi connectivity index (χ4n) is 4.46. The fourth-order valence-corrected chi connectivity index (χ4v) is 4.46. The summed E-state index contributed by atoms with van der Waals surface area (Å²) in [5.41, 5.74) is 4.54. The van der Waals surface area contributed by atoms with Crippen molar-refractivity contribution in [3.63, 3.8) is 0 Å². The molecule has 0 bridgehead atoms. The van der Waals surface area contributed by atoms with Gasteiger partial charge in [0, 0.05) is 18.4 Å². The minimum atomic E-state index is -0.900. The maximum Gasteiger partial charge on any atom is 0.407 e. The molecule has 0 spiro atoms. The number of nitrogens with one attached hydrogen (secondary N) is 2. The molecule has 7 heteroatoms. The van der Waals surface area contributed by atoms with Crippen LogP contribution in [0.4, 0.5) is 4.79 Å². The Morgan fingerprint density at radius 1 is 0.971 bits per heavy atom. The molecule has 0 saturated carbocycles. The van der Waals surface area contributed by atoms with Gasteiger partial charge in [0.2, 0.25) is 5.91 Å². The summed E-state index contributed by atoms with van der Waals surface area (Å²) < 4.78 is 5.60. The zero-order chi connectivity index (χ0) is 24.7. The largest absolute Gasteiger partial charge is 0.481 e. The van der Waals surface area contributed by atoms with Gasteiger partial charge in [-0.2, -0.15) is 0 Å². The number of amides is 2. The highest BCUT2D eigenvalue weighted by Crippen LogP contribution is 2.44. The van der Waals surface area contributed by atoms with Gasteiger partial charge >= 0.3 is 12.1 Å². The summed E-state index contributed by atoms with van der Waals surface area (Å²) in [5, 5.41) is 14.5. The van der Waals surface area contributed by atoms with Gasteiger partial charge in [0.1, 0.15) is 12.6 Å². The molecule has 182 valence electrons. The molecule has 1 aliphatic carbocycles. The molecule has 2 aromatic carbocycles. The van der Waals surface area contributed by atoms with E-state index in [0.717, 1.165) is 22.3 Å². The average molecular weight is 467 g/mol. The zero-order valence-electron chi connectivity index (χ0n) is 20.0. The van der Waals surface area contributed by atoms with Crippen LogP contribution in [0.25, 0.3) is 11.1 Å². The molecule has 3 N–H and O–H groups in total. The number of alkyl carbamates (subject to hydrolysis) is 1. The summed E-state index contributed by atoms with van der Waals surface area (Å²) in [6.45, 7) is 6.01. The number of carboxylic acids is 1. The zero-order valence-corrected chi connectivity index (χ0v) is 20.0. The SMILES string of the molecule is CCC(CCC(=O)O)NC(=O)C(CC(C)C)NC(=O)OCC1c2ccccc2-c2ccccc21. The van der Waals surface area contributed by atoms with Crippen molar-refractivity contribution in [2.75, 3.05) is 6.61 Å². The lowest BCUT2D eigenvalue weighted by Gasteiger charge is -2.24. The lowest BCUT2D eigenvalue weighted by Crippen LogP contribution is -2.50. The maximum atomic E-state index is 12.9. The average Bonchev–Trinajstić information content (AvgIpc) is 3.13. The van der Waals surface area contributed by atoms with Gasteiger partial charge in [0.15, 0.2) is 0 Å². The number of carbonyl (C=O) groups is 3. The topological polar surface area (TPSA) is 105 Å². The Labute approximate surface area is 200 Å². The predicted molar refractivity (Wildman–Crippen MR) is 131 cm³/mol.